The zero-order valence-corrected chi connectivity index (χ0v) is 19.8. The molecule has 1 aliphatic heterocycles. The van der Waals surface area contributed by atoms with Crippen molar-refractivity contribution < 1.29 is 23.8 Å². The Bertz CT molecular complexity index is 1270. The van der Waals surface area contributed by atoms with Crippen molar-refractivity contribution in [3.05, 3.63) is 83.1 Å². The van der Waals surface area contributed by atoms with Gasteiger partial charge in [0, 0.05) is 18.2 Å². The van der Waals surface area contributed by atoms with Gasteiger partial charge < -0.3 is 19.5 Å². The number of amides is 2. The standard InChI is InChI=1S/C27H26N2O5/c1-16-6-9-18(10-7-16)24-25(28-22-12-17(2)8-11-23(22)34-5)27(31)29(26(24)30)19-13-20(32-3)15-21(14-19)33-4/h6-15,28H,1-5H3. The summed E-state index contributed by atoms with van der Waals surface area (Å²) < 4.78 is 16.2. The number of hydrogen-bond donors (Lipinski definition) is 1. The van der Waals surface area contributed by atoms with Gasteiger partial charge in [-0.1, -0.05) is 35.9 Å². The molecule has 0 aromatic heterocycles. The molecule has 3 aromatic rings. The number of imide groups is 1. The SMILES string of the molecule is COc1cc(OC)cc(N2C(=O)C(Nc3cc(C)ccc3OC)=C(c3ccc(C)cc3)C2=O)c1. The molecule has 0 saturated heterocycles. The Balaban J connectivity index is 1.86. The Hall–Kier alpha value is -4.26. The van der Waals surface area contributed by atoms with E-state index in [4.69, 9.17) is 14.2 Å². The van der Waals surface area contributed by atoms with Crippen LogP contribution >= 0.6 is 0 Å². The van der Waals surface area contributed by atoms with Crippen molar-refractivity contribution in [1.29, 1.82) is 0 Å². The number of anilines is 2. The fourth-order valence-corrected chi connectivity index (χ4v) is 3.84. The first-order valence-electron chi connectivity index (χ1n) is 10.7. The maximum Gasteiger partial charge on any atom is 0.282 e. The van der Waals surface area contributed by atoms with E-state index in [-0.39, 0.29) is 11.3 Å². The number of benzene rings is 3. The van der Waals surface area contributed by atoms with E-state index in [2.05, 4.69) is 5.32 Å². The number of carbonyl (C=O) groups excluding carboxylic acids is 2. The summed E-state index contributed by atoms with van der Waals surface area (Å²) in [5.74, 6) is 0.558. The van der Waals surface area contributed by atoms with Crippen molar-refractivity contribution >= 4 is 28.8 Å². The molecular weight excluding hydrogens is 432 g/mol. The Morgan fingerprint density at radius 1 is 0.706 bits per heavy atom. The van der Waals surface area contributed by atoms with E-state index < -0.39 is 11.8 Å². The number of aryl methyl sites for hydroxylation is 2. The van der Waals surface area contributed by atoms with Gasteiger partial charge in [-0.05, 0) is 37.1 Å². The van der Waals surface area contributed by atoms with Crippen molar-refractivity contribution in [2.24, 2.45) is 0 Å². The molecule has 0 bridgehead atoms. The molecule has 3 aromatic carbocycles. The average Bonchev–Trinajstić information content (AvgIpc) is 3.08. The van der Waals surface area contributed by atoms with Crippen LogP contribution < -0.4 is 24.4 Å². The zero-order valence-electron chi connectivity index (χ0n) is 19.8. The van der Waals surface area contributed by atoms with E-state index in [0.29, 0.717) is 34.2 Å². The van der Waals surface area contributed by atoms with Crippen LogP contribution in [0.15, 0.2) is 66.4 Å². The summed E-state index contributed by atoms with van der Waals surface area (Å²) in [5.41, 5.74) is 4.04. The zero-order chi connectivity index (χ0) is 24.4. The van der Waals surface area contributed by atoms with Gasteiger partial charge in [0.25, 0.3) is 11.8 Å². The molecule has 4 rings (SSSR count). The number of rotatable bonds is 7. The van der Waals surface area contributed by atoms with E-state index in [1.54, 1.807) is 25.3 Å². The first-order chi connectivity index (χ1) is 16.4. The van der Waals surface area contributed by atoms with Crippen LogP contribution in [0.3, 0.4) is 0 Å². The third-order valence-electron chi connectivity index (χ3n) is 5.63. The summed E-state index contributed by atoms with van der Waals surface area (Å²) in [6.07, 6.45) is 0. The Morgan fingerprint density at radius 2 is 1.32 bits per heavy atom. The molecule has 0 aliphatic carbocycles. The number of hydrogen-bond acceptors (Lipinski definition) is 6. The van der Waals surface area contributed by atoms with Crippen LogP contribution in [0, 0.1) is 13.8 Å². The molecule has 1 heterocycles. The second kappa shape index (κ2) is 9.31. The molecule has 1 aliphatic rings. The lowest BCUT2D eigenvalue weighted by atomic mass is 10.0. The predicted octanol–water partition coefficient (Wildman–Crippen LogP) is 4.73. The third kappa shape index (κ3) is 4.20. The van der Waals surface area contributed by atoms with E-state index in [1.807, 2.05) is 56.3 Å². The van der Waals surface area contributed by atoms with Crippen LogP contribution in [0.2, 0.25) is 0 Å². The Labute approximate surface area is 198 Å². The van der Waals surface area contributed by atoms with Crippen LogP contribution in [0.25, 0.3) is 5.57 Å². The van der Waals surface area contributed by atoms with Crippen LogP contribution in [-0.4, -0.2) is 33.1 Å². The average molecular weight is 459 g/mol. The minimum absolute atomic E-state index is 0.166. The van der Waals surface area contributed by atoms with E-state index in [9.17, 15) is 9.59 Å². The molecule has 174 valence electrons. The maximum atomic E-state index is 13.7. The quantitative estimate of drug-likeness (QED) is 0.516. The fraction of sp³-hybridized carbons (Fsp3) is 0.185. The van der Waals surface area contributed by atoms with Gasteiger partial charge in [-0.15, -0.1) is 0 Å². The van der Waals surface area contributed by atoms with Crippen molar-refractivity contribution in [3.63, 3.8) is 0 Å². The summed E-state index contributed by atoms with van der Waals surface area (Å²) in [6, 6.07) is 18.0. The second-order valence-electron chi connectivity index (χ2n) is 7.96. The lowest BCUT2D eigenvalue weighted by Crippen LogP contribution is -2.32. The molecule has 0 fully saturated rings. The summed E-state index contributed by atoms with van der Waals surface area (Å²) in [6.45, 7) is 3.90. The van der Waals surface area contributed by atoms with Crippen LogP contribution in [0.4, 0.5) is 11.4 Å². The number of carbonyl (C=O) groups is 2. The fourth-order valence-electron chi connectivity index (χ4n) is 3.84. The Kier molecular flexibility index (Phi) is 6.27. The minimum atomic E-state index is -0.487. The topological polar surface area (TPSA) is 77.1 Å². The molecule has 7 heteroatoms. The highest BCUT2D eigenvalue weighted by atomic mass is 16.5. The molecular formula is C27H26N2O5. The molecule has 7 nitrogen and oxygen atoms in total. The van der Waals surface area contributed by atoms with E-state index in [1.165, 1.54) is 14.2 Å². The minimum Gasteiger partial charge on any atom is -0.497 e. The third-order valence-corrected chi connectivity index (χ3v) is 5.63. The molecule has 1 N–H and O–H groups in total. The number of ether oxygens (including phenoxy) is 3. The smallest absolute Gasteiger partial charge is 0.282 e. The second-order valence-corrected chi connectivity index (χ2v) is 7.96. The van der Waals surface area contributed by atoms with Gasteiger partial charge in [-0.25, -0.2) is 4.90 Å². The highest BCUT2D eigenvalue weighted by Crippen LogP contribution is 2.38. The molecule has 0 unspecified atom stereocenters. The summed E-state index contributed by atoms with van der Waals surface area (Å²) in [7, 11) is 4.58. The van der Waals surface area contributed by atoms with Crippen LogP contribution in [0.1, 0.15) is 16.7 Å². The first-order valence-corrected chi connectivity index (χ1v) is 10.7. The summed E-state index contributed by atoms with van der Waals surface area (Å²) in [5, 5.41) is 3.18. The molecule has 0 atom stereocenters. The molecule has 34 heavy (non-hydrogen) atoms. The Morgan fingerprint density at radius 3 is 1.91 bits per heavy atom. The normalized spacial score (nSPS) is 13.4. The largest absolute Gasteiger partial charge is 0.497 e. The van der Waals surface area contributed by atoms with Gasteiger partial charge in [0.2, 0.25) is 0 Å². The van der Waals surface area contributed by atoms with Crippen molar-refractivity contribution in [1.82, 2.24) is 0 Å². The van der Waals surface area contributed by atoms with E-state index >= 15 is 0 Å². The molecule has 0 saturated carbocycles. The van der Waals surface area contributed by atoms with E-state index in [0.717, 1.165) is 16.0 Å². The maximum absolute atomic E-state index is 13.7. The van der Waals surface area contributed by atoms with Crippen molar-refractivity contribution in [3.8, 4) is 17.2 Å². The van der Waals surface area contributed by atoms with Crippen LogP contribution in [-0.2, 0) is 9.59 Å². The molecule has 2 amide bonds. The lowest BCUT2D eigenvalue weighted by molar-refractivity contribution is -0.120. The van der Waals surface area contributed by atoms with Gasteiger partial charge in [-0.2, -0.15) is 0 Å². The monoisotopic (exact) mass is 458 g/mol. The summed E-state index contributed by atoms with van der Waals surface area (Å²) in [4.78, 5) is 28.6. The first kappa shape index (κ1) is 22.9. The highest BCUT2D eigenvalue weighted by molar-refractivity contribution is 6.46. The van der Waals surface area contributed by atoms with Gasteiger partial charge >= 0.3 is 0 Å². The van der Waals surface area contributed by atoms with Gasteiger partial charge in [-0.3, -0.25) is 9.59 Å². The highest BCUT2D eigenvalue weighted by Gasteiger charge is 2.41. The van der Waals surface area contributed by atoms with Gasteiger partial charge in [0.05, 0.1) is 38.3 Å². The number of nitrogens with zero attached hydrogens (tertiary/aromatic N) is 1. The summed E-state index contributed by atoms with van der Waals surface area (Å²) >= 11 is 0. The molecule has 0 spiro atoms. The van der Waals surface area contributed by atoms with Crippen LogP contribution in [0.5, 0.6) is 17.2 Å². The number of methoxy groups -OCH3 is 3. The molecule has 0 radical (unpaired) electrons. The lowest BCUT2D eigenvalue weighted by Gasteiger charge is -2.18. The predicted molar refractivity (Wildman–Crippen MR) is 131 cm³/mol. The van der Waals surface area contributed by atoms with Gasteiger partial charge in [0.15, 0.2) is 0 Å². The van der Waals surface area contributed by atoms with Crippen molar-refractivity contribution in [2.45, 2.75) is 13.8 Å². The van der Waals surface area contributed by atoms with Crippen molar-refractivity contribution in [2.75, 3.05) is 31.5 Å². The number of nitrogens with one attached hydrogen (secondary N) is 1. The van der Waals surface area contributed by atoms with Gasteiger partial charge in [0.1, 0.15) is 22.9 Å².